The Kier molecular flexibility index (Phi) is 5.19. The second-order valence-corrected chi connectivity index (χ2v) is 2.50. The molecule has 0 aliphatic heterocycles. The van der Waals surface area contributed by atoms with E-state index < -0.39 is 0 Å². The van der Waals surface area contributed by atoms with E-state index in [0.29, 0.717) is 0 Å². The molecular weight excluding hydrogens is 186 g/mol. The lowest BCUT2D eigenvalue weighted by atomic mass is 10.1. The van der Waals surface area contributed by atoms with E-state index in [1.165, 1.54) is 0 Å². The Morgan fingerprint density at radius 2 is 2.08 bits per heavy atom. The number of nitrogens with two attached hydrogens (primary N) is 1. The molecule has 0 amide bonds. The van der Waals surface area contributed by atoms with Gasteiger partial charge in [0, 0.05) is 5.56 Å². The summed E-state index contributed by atoms with van der Waals surface area (Å²) < 4.78 is 5.14. The molecule has 0 aromatic heterocycles. The molecule has 0 aliphatic rings. The molecule has 0 spiro atoms. The molecule has 0 aliphatic carbocycles. The Morgan fingerprint density at radius 3 is 2.62 bits per heavy atom. The van der Waals surface area contributed by atoms with E-state index in [0.717, 1.165) is 11.3 Å². The van der Waals surface area contributed by atoms with Crippen molar-refractivity contribution in [2.75, 3.05) is 7.11 Å². The predicted molar refractivity (Wildman–Crippen MR) is 57.4 cm³/mol. The Hall–Kier alpha value is -0.990. The van der Waals surface area contributed by atoms with Gasteiger partial charge < -0.3 is 10.5 Å². The minimum atomic E-state index is -0.152. The second-order valence-electron chi connectivity index (χ2n) is 2.50. The molecule has 3 heteroatoms. The summed E-state index contributed by atoms with van der Waals surface area (Å²) in [5.74, 6) is 0.810. The van der Waals surface area contributed by atoms with Crippen molar-refractivity contribution in [1.29, 1.82) is 0 Å². The van der Waals surface area contributed by atoms with Crippen LogP contribution in [0.4, 0.5) is 0 Å². The Morgan fingerprint density at radius 1 is 1.46 bits per heavy atom. The molecular formula is C10H14ClNO. The highest BCUT2D eigenvalue weighted by molar-refractivity contribution is 5.85. The minimum Gasteiger partial charge on any atom is -0.496 e. The van der Waals surface area contributed by atoms with Gasteiger partial charge >= 0.3 is 0 Å². The van der Waals surface area contributed by atoms with Crippen LogP contribution in [0.2, 0.25) is 0 Å². The van der Waals surface area contributed by atoms with Crippen molar-refractivity contribution >= 4 is 12.4 Å². The van der Waals surface area contributed by atoms with E-state index in [4.69, 9.17) is 10.5 Å². The second kappa shape index (κ2) is 5.62. The van der Waals surface area contributed by atoms with Crippen molar-refractivity contribution in [2.45, 2.75) is 6.04 Å². The van der Waals surface area contributed by atoms with Crippen LogP contribution in [0.25, 0.3) is 0 Å². The molecule has 2 N–H and O–H groups in total. The summed E-state index contributed by atoms with van der Waals surface area (Å²) in [6, 6.07) is 7.52. The largest absolute Gasteiger partial charge is 0.496 e. The van der Waals surface area contributed by atoms with E-state index in [1.54, 1.807) is 13.2 Å². The van der Waals surface area contributed by atoms with Gasteiger partial charge in [0.25, 0.3) is 0 Å². The zero-order valence-electron chi connectivity index (χ0n) is 7.57. The fourth-order valence-corrected chi connectivity index (χ4v) is 1.07. The van der Waals surface area contributed by atoms with Gasteiger partial charge in [-0.05, 0) is 6.07 Å². The SMILES string of the molecule is C=C[C@@H](N)c1ccccc1OC.Cl. The maximum Gasteiger partial charge on any atom is 0.123 e. The first kappa shape index (κ1) is 12.0. The predicted octanol–water partition coefficient (Wildman–Crippen LogP) is 2.30. The smallest absolute Gasteiger partial charge is 0.123 e. The van der Waals surface area contributed by atoms with Crippen LogP contribution in [0.1, 0.15) is 11.6 Å². The summed E-state index contributed by atoms with van der Waals surface area (Å²) in [5.41, 5.74) is 6.74. The van der Waals surface area contributed by atoms with Crippen LogP contribution in [-0.2, 0) is 0 Å². The highest BCUT2D eigenvalue weighted by Gasteiger charge is 2.06. The highest BCUT2D eigenvalue weighted by Crippen LogP contribution is 2.23. The minimum absolute atomic E-state index is 0. The zero-order valence-corrected chi connectivity index (χ0v) is 8.38. The van der Waals surface area contributed by atoms with Gasteiger partial charge in [-0.3, -0.25) is 0 Å². The third-order valence-corrected chi connectivity index (χ3v) is 1.75. The van der Waals surface area contributed by atoms with Gasteiger partial charge in [0.1, 0.15) is 5.75 Å². The maximum atomic E-state index is 5.77. The van der Waals surface area contributed by atoms with Crippen LogP contribution in [0, 0.1) is 0 Å². The van der Waals surface area contributed by atoms with Gasteiger partial charge in [-0.2, -0.15) is 0 Å². The quantitative estimate of drug-likeness (QED) is 0.759. The molecule has 1 aromatic carbocycles. The lowest BCUT2D eigenvalue weighted by molar-refractivity contribution is 0.408. The monoisotopic (exact) mass is 199 g/mol. The molecule has 0 unspecified atom stereocenters. The Balaban J connectivity index is 0.00000144. The van der Waals surface area contributed by atoms with Crippen molar-refractivity contribution in [3.05, 3.63) is 42.5 Å². The van der Waals surface area contributed by atoms with E-state index in [-0.39, 0.29) is 18.4 Å². The standard InChI is InChI=1S/C10H13NO.ClH/c1-3-9(11)8-6-4-5-7-10(8)12-2;/h3-7,9H,1,11H2,2H3;1H/t9-;/m1./s1. The van der Waals surface area contributed by atoms with Crippen LogP contribution in [0.15, 0.2) is 36.9 Å². The molecule has 0 radical (unpaired) electrons. The molecule has 0 fully saturated rings. The summed E-state index contributed by atoms with van der Waals surface area (Å²) in [6.07, 6.45) is 1.69. The number of hydrogen-bond donors (Lipinski definition) is 1. The maximum absolute atomic E-state index is 5.77. The normalized spacial score (nSPS) is 11.2. The van der Waals surface area contributed by atoms with Crippen LogP contribution in [0.3, 0.4) is 0 Å². The number of halogens is 1. The number of benzene rings is 1. The lowest BCUT2D eigenvalue weighted by Crippen LogP contribution is -2.07. The van der Waals surface area contributed by atoms with Crippen molar-refractivity contribution in [3.63, 3.8) is 0 Å². The Bertz CT molecular complexity index is 275. The molecule has 2 nitrogen and oxygen atoms in total. The van der Waals surface area contributed by atoms with Crippen LogP contribution in [-0.4, -0.2) is 7.11 Å². The topological polar surface area (TPSA) is 35.2 Å². The molecule has 0 saturated carbocycles. The van der Waals surface area contributed by atoms with Crippen LogP contribution < -0.4 is 10.5 Å². The van der Waals surface area contributed by atoms with Crippen LogP contribution in [0.5, 0.6) is 5.75 Å². The van der Waals surface area contributed by atoms with Gasteiger partial charge in [0.15, 0.2) is 0 Å². The summed E-state index contributed by atoms with van der Waals surface area (Å²) in [7, 11) is 1.63. The molecule has 72 valence electrons. The number of rotatable bonds is 3. The van der Waals surface area contributed by atoms with Gasteiger partial charge in [-0.25, -0.2) is 0 Å². The van der Waals surface area contributed by atoms with E-state index in [2.05, 4.69) is 6.58 Å². The number of hydrogen-bond acceptors (Lipinski definition) is 2. The van der Waals surface area contributed by atoms with Gasteiger partial charge in [-0.1, -0.05) is 24.3 Å². The van der Waals surface area contributed by atoms with E-state index in [9.17, 15) is 0 Å². The summed E-state index contributed by atoms with van der Waals surface area (Å²) in [6.45, 7) is 3.63. The Labute approximate surface area is 84.8 Å². The molecule has 13 heavy (non-hydrogen) atoms. The van der Waals surface area contributed by atoms with Gasteiger partial charge in [0.05, 0.1) is 13.2 Å². The molecule has 1 atom stereocenters. The summed E-state index contributed by atoms with van der Waals surface area (Å²) >= 11 is 0. The van der Waals surface area contributed by atoms with Gasteiger partial charge in [0.2, 0.25) is 0 Å². The first-order valence-corrected chi connectivity index (χ1v) is 3.80. The highest BCUT2D eigenvalue weighted by atomic mass is 35.5. The number of para-hydroxylation sites is 1. The third kappa shape index (κ3) is 2.76. The zero-order chi connectivity index (χ0) is 8.97. The number of methoxy groups -OCH3 is 1. The molecule has 0 bridgehead atoms. The third-order valence-electron chi connectivity index (χ3n) is 1.75. The fraction of sp³-hybridized carbons (Fsp3) is 0.200. The summed E-state index contributed by atoms with van der Waals surface area (Å²) in [4.78, 5) is 0. The first-order chi connectivity index (χ1) is 5.79. The van der Waals surface area contributed by atoms with Gasteiger partial charge in [-0.15, -0.1) is 19.0 Å². The molecule has 1 rings (SSSR count). The average Bonchev–Trinajstić information content (AvgIpc) is 2.16. The lowest BCUT2D eigenvalue weighted by Gasteiger charge is -2.10. The van der Waals surface area contributed by atoms with E-state index >= 15 is 0 Å². The fourth-order valence-electron chi connectivity index (χ4n) is 1.07. The molecule has 1 aromatic rings. The van der Waals surface area contributed by atoms with Crippen molar-refractivity contribution in [2.24, 2.45) is 5.73 Å². The first-order valence-electron chi connectivity index (χ1n) is 3.80. The van der Waals surface area contributed by atoms with Crippen molar-refractivity contribution in [3.8, 4) is 5.75 Å². The summed E-state index contributed by atoms with van der Waals surface area (Å²) in [5, 5.41) is 0. The number of ether oxygens (including phenoxy) is 1. The van der Waals surface area contributed by atoms with Crippen LogP contribution >= 0.6 is 12.4 Å². The molecule has 0 saturated heterocycles. The van der Waals surface area contributed by atoms with Crippen molar-refractivity contribution in [1.82, 2.24) is 0 Å². The molecule has 0 heterocycles. The average molecular weight is 200 g/mol. The van der Waals surface area contributed by atoms with Crippen molar-refractivity contribution < 1.29 is 4.74 Å². The van der Waals surface area contributed by atoms with E-state index in [1.807, 2.05) is 24.3 Å².